The first-order valence-electron chi connectivity index (χ1n) is 6.43. The highest BCUT2D eigenvalue weighted by Crippen LogP contribution is 2.14. The number of carbonyl (C=O) groups is 1. The summed E-state index contributed by atoms with van der Waals surface area (Å²) < 4.78 is 10.2. The standard InChI is InChI=1S/C8H14O.C6H8O2/c1-2-5-8-6-3-4-7-9-8;7-5-6-3-1-2-4-8-6/h4,7-8H,2-3,5-6H2,1H3;2,4-6H,1,3H2. The maximum Gasteiger partial charge on any atom is 0.160 e. The highest BCUT2D eigenvalue weighted by atomic mass is 16.5. The van der Waals surface area contributed by atoms with Crippen LogP contribution in [-0.4, -0.2) is 18.5 Å². The van der Waals surface area contributed by atoms with Crippen molar-refractivity contribution < 1.29 is 14.3 Å². The van der Waals surface area contributed by atoms with Gasteiger partial charge in [0.15, 0.2) is 12.4 Å². The van der Waals surface area contributed by atoms with E-state index in [1.165, 1.54) is 25.7 Å². The average molecular weight is 238 g/mol. The molecule has 3 nitrogen and oxygen atoms in total. The summed E-state index contributed by atoms with van der Waals surface area (Å²) in [4.78, 5) is 10.0. The average Bonchev–Trinajstić information content (AvgIpc) is 2.42. The molecule has 2 unspecified atom stereocenters. The van der Waals surface area contributed by atoms with Crippen molar-refractivity contribution in [1.29, 1.82) is 0 Å². The summed E-state index contributed by atoms with van der Waals surface area (Å²) >= 11 is 0. The lowest BCUT2D eigenvalue weighted by Crippen LogP contribution is -2.12. The smallest absolute Gasteiger partial charge is 0.160 e. The Balaban J connectivity index is 0.000000171. The molecule has 0 bridgehead atoms. The van der Waals surface area contributed by atoms with E-state index < -0.39 is 0 Å². The Labute approximate surface area is 103 Å². The molecule has 2 heterocycles. The molecule has 0 aromatic carbocycles. The first-order valence-corrected chi connectivity index (χ1v) is 6.43. The van der Waals surface area contributed by atoms with Crippen LogP contribution in [0.5, 0.6) is 0 Å². The zero-order valence-corrected chi connectivity index (χ0v) is 10.5. The van der Waals surface area contributed by atoms with E-state index in [0.29, 0.717) is 6.10 Å². The number of ether oxygens (including phenoxy) is 2. The molecular weight excluding hydrogens is 216 g/mol. The van der Waals surface area contributed by atoms with Gasteiger partial charge in [-0.15, -0.1) is 0 Å². The van der Waals surface area contributed by atoms with E-state index in [4.69, 9.17) is 9.47 Å². The van der Waals surface area contributed by atoms with Gasteiger partial charge in [0.1, 0.15) is 0 Å². The Hall–Kier alpha value is -1.25. The van der Waals surface area contributed by atoms with Crippen molar-refractivity contribution in [1.82, 2.24) is 0 Å². The second-order valence-corrected chi connectivity index (χ2v) is 4.26. The van der Waals surface area contributed by atoms with E-state index in [-0.39, 0.29) is 6.10 Å². The minimum absolute atomic E-state index is 0.181. The van der Waals surface area contributed by atoms with Gasteiger partial charge in [0, 0.05) is 0 Å². The molecule has 2 atom stereocenters. The third-order valence-electron chi connectivity index (χ3n) is 2.75. The molecule has 0 saturated carbocycles. The van der Waals surface area contributed by atoms with Crippen LogP contribution in [0.4, 0.5) is 0 Å². The van der Waals surface area contributed by atoms with Gasteiger partial charge in [0.2, 0.25) is 0 Å². The molecule has 17 heavy (non-hydrogen) atoms. The zero-order chi connectivity index (χ0) is 12.3. The molecule has 0 aromatic rings. The number of hydrogen-bond acceptors (Lipinski definition) is 3. The summed E-state index contributed by atoms with van der Waals surface area (Å²) in [7, 11) is 0. The van der Waals surface area contributed by atoms with Gasteiger partial charge in [0.25, 0.3) is 0 Å². The van der Waals surface area contributed by atoms with Crippen LogP contribution in [0.3, 0.4) is 0 Å². The second kappa shape index (κ2) is 8.85. The highest BCUT2D eigenvalue weighted by molar-refractivity contribution is 5.56. The molecule has 0 aliphatic carbocycles. The molecule has 0 radical (unpaired) electrons. The minimum Gasteiger partial charge on any atom is -0.498 e. The van der Waals surface area contributed by atoms with Gasteiger partial charge in [-0.2, -0.15) is 0 Å². The SMILES string of the molecule is CCCC1CCC=CO1.O=CC1CCC=CO1. The number of aldehydes is 1. The molecular formula is C14H22O3. The fourth-order valence-corrected chi connectivity index (χ4v) is 1.77. The monoisotopic (exact) mass is 238 g/mol. The van der Waals surface area contributed by atoms with Crippen molar-refractivity contribution >= 4 is 6.29 Å². The Morgan fingerprint density at radius 3 is 2.29 bits per heavy atom. The lowest BCUT2D eigenvalue weighted by atomic mass is 10.1. The van der Waals surface area contributed by atoms with Crippen LogP contribution in [0, 0.1) is 0 Å². The Kier molecular flexibility index (Phi) is 7.19. The minimum atomic E-state index is -0.181. The fraction of sp³-hybridized carbons (Fsp3) is 0.643. The predicted molar refractivity (Wildman–Crippen MR) is 67.5 cm³/mol. The molecule has 0 spiro atoms. The third-order valence-corrected chi connectivity index (χ3v) is 2.75. The summed E-state index contributed by atoms with van der Waals surface area (Å²) in [5, 5.41) is 0. The molecule has 0 N–H and O–H groups in total. The Morgan fingerprint density at radius 2 is 1.88 bits per heavy atom. The van der Waals surface area contributed by atoms with Crippen LogP contribution in [0.25, 0.3) is 0 Å². The van der Waals surface area contributed by atoms with E-state index in [9.17, 15) is 4.79 Å². The third kappa shape index (κ3) is 6.15. The quantitative estimate of drug-likeness (QED) is 0.707. The molecule has 2 aliphatic rings. The van der Waals surface area contributed by atoms with Gasteiger partial charge < -0.3 is 9.47 Å². The van der Waals surface area contributed by atoms with Crippen LogP contribution in [0.2, 0.25) is 0 Å². The molecule has 3 heteroatoms. The number of hydrogen-bond donors (Lipinski definition) is 0. The number of rotatable bonds is 3. The van der Waals surface area contributed by atoms with Crippen molar-refractivity contribution in [2.45, 2.75) is 57.7 Å². The van der Waals surface area contributed by atoms with Crippen LogP contribution >= 0.6 is 0 Å². The van der Waals surface area contributed by atoms with Crippen LogP contribution in [0.1, 0.15) is 45.4 Å². The van der Waals surface area contributed by atoms with Gasteiger partial charge in [0.05, 0.1) is 18.6 Å². The topological polar surface area (TPSA) is 35.5 Å². The molecule has 0 aromatic heterocycles. The molecule has 2 rings (SSSR count). The zero-order valence-electron chi connectivity index (χ0n) is 10.5. The maximum atomic E-state index is 10.0. The van der Waals surface area contributed by atoms with E-state index in [1.807, 2.05) is 12.3 Å². The van der Waals surface area contributed by atoms with E-state index in [2.05, 4.69) is 13.0 Å². The fourth-order valence-electron chi connectivity index (χ4n) is 1.77. The number of carbonyl (C=O) groups excluding carboxylic acids is 1. The first-order chi connectivity index (χ1) is 8.36. The summed E-state index contributed by atoms with van der Waals surface area (Å²) in [6, 6.07) is 0. The molecule has 96 valence electrons. The molecule has 0 fully saturated rings. The molecule has 0 amide bonds. The van der Waals surface area contributed by atoms with Crippen molar-refractivity contribution in [3.05, 3.63) is 24.7 Å². The summed E-state index contributed by atoms with van der Waals surface area (Å²) in [5.74, 6) is 0. The van der Waals surface area contributed by atoms with Gasteiger partial charge in [-0.25, -0.2) is 0 Å². The first kappa shape index (κ1) is 13.8. The van der Waals surface area contributed by atoms with Gasteiger partial charge in [-0.05, 0) is 44.3 Å². The van der Waals surface area contributed by atoms with Crippen LogP contribution in [0.15, 0.2) is 24.7 Å². The van der Waals surface area contributed by atoms with Gasteiger partial charge in [-0.3, -0.25) is 4.79 Å². The van der Waals surface area contributed by atoms with Crippen LogP contribution < -0.4 is 0 Å². The Bertz CT molecular complexity index is 258. The van der Waals surface area contributed by atoms with Crippen LogP contribution in [-0.2, 0) is 14.3 Å². The van der Waals surface area contributed by atoms with E-state index >= 15 is 0 Å². The van der Waals surface area contributed by atoms with E-state index in [0.717, 1.165) is 19.1 Å². The second-order valence-electron chi connectivity index (χ2n) is 4.26. The molecule has 0 saturated heterocycles. The maximum absolute atomic E-state index is 10.0. The van der Waals surface area contributed by atoms with Crippen molar-refractivity contribution in [3.63, 3.8) is 0 Å². The van der Waals surface area contributed by atoms with Crippen molar-refractivity contribution in [3.8, 4) is 0 Å². The largest absolute Gasteiger partial charge is 0.498 e. The predicted octanol–water partition coefficient (Wildman–Crippen LogP) is 3.36. The van der Waals surface area contributed by atoms with Crippen molar-refractivity contribution in [2.75, 3.05) is 0 Å². The highest BCUT2D eigenvalue weighted by Gasteiger charge is 2.08. The molecule has 2 aliphatic heterocycles. The van der Waals surface area contributed by atoms with Gasteiger partial charge in [-0.1, -0.05) is 13.3 Å². The summed E-state index contributed by atoms with van der Waals surface area (Å²) in [5.41, 5.74) is 0. The van der Waals surface area contributed by atoms with E-state index in [1.54, 1.807) is 6.26 Å². The van der Waals surface area contributed by atoms with Crippen molar-refractivity contribution in [2.24, 2.45) is 0 Å². The summed E-state index contributed by atoms with van der Waals surface area (Å²) in [6.07, 6.45) is 15.3. The summed E-state index contributed by atoms with van der Waals surface area (Å²) in [6.45, 7) is 2.20. The Morgan fingerprint density at radius 1 is 1.18 bits per heavy atom. The normalized spacial score (nSPS) is 26.2. The lowest BCUT2D eigenvalue weighted by molar-refractivity contribution is -0.115. The van der Waals surface area contributed by atoms with Gasteiger partial charge >= 0.3 is 0 Å². The lowest BCUT2D eigenvalue weighted by Gasteiger charge is -2.17. The number of allylic oxidation sites excluding steroid dienone is 2.